The Morgan fingerprint density at radius 1 is 1.05 bits per heavy atom. The van der Waals surface area contributed by atoms with Crippen LogP contribution >= 0.6 is 11.8 Å². The van der Waals surface area contributed by atoms with Crippen LogP contribution in [0.4, 0.5) is 0 Å². The van der Waals surface area contributed by atoms with E-state index in [4.69, 9.17) is 15.0 Å². The molecule has 0 bridgehead atoms. The van der Waals surface area contributed by atoms with Gasteiger partial charge in [-0.15, -0.1) is 11.8 Å². The average Bonchev–Trinajstić information content (AvgIpc) is 2.58. The van der Waals surface area contributed by atoms with Crippen LogP contribution in [0.25, 0.3) is 0 Å². The molecule has 19 heavy (non-hydrogen) atoms. The quantitative estimate of drug-likeness (QED) is 0.682. The Kier molecular flexibility index (Phi) is 4.03. The third-order valence-electron chi connectivity index (χ3n) is 4.07. The zero-order valence-electron chi connectivity index (χ0n) is 12.3. The highest BCUT2D eigenvalue weighted by molar-refractivity contribution is 7.98. The lowest BCUT2D eigenvalue weighted by Gasteiger charge is -2.32. The summed E-state index contributed by atoms with van der Waals surface area (Å²) in [5.74, 6) is -0.267. The third-order valence-corrected chi connectivity index (χ3v) is 4.81. The Morgan fingerprint density at radius 2 is 1.53 bits per heavy atom. The molecule has 0 spiro atoms. The van der Waals surface area contributed by atoms with E-state index >= 15 is 0 Å². The monoisotopic (exact) mass is 279 g/mol. The highest BCUT2D eigenvalue weighted by Crippen LogP contribution is 2.39. The fourth-order valence-corrected chi connectivity index (χ4v) is 2.43. The van der Waals surface area contributed by atoms with E-state index in [-0.39, 0.29) is 17.1 Å². The molecule has 0 radical (unpaired) electrons. The Hall–Kier alpha value is -0.485. The maximum atomic E-state index is 6.28. The minimum Gasteiger partial charge on any atom is -0.402 e. The topological polar surface area (TPSA) is 44.5 Å². The average molecular weight is 279 g/mol. The van der Waals surface area contributed by atoms with Gasteiger partial charge >= 0.3 is 7.12 Å². The van der Waals surface area contributed by atoms with Gasteiger partial charge < -0.3 is 15.0 Å². The molecular formula is C14H22BNO2S. The molecule has 1 aromatic rings. The Morgan fingerprint density at radius 3 is 1.95 bits per heavy atom. The van der Waals surface area contributed by atoms with E-state index in [1.54, 1.807) is 11.8 Å². The van der Waals surface area contributed by atoms with Crippen molar-refractivity contribution in [1.29, 1.82) is 0 Å². The molecule has 1 atom stereocenters. The van der Waals surface area contributed by atoms with Crippen LogP contribution in [0.5, 0.6) is 0 Å². The van der Waals surface area contributed by atoms with Crippen molar-refractivity contribution >= 4 is 18.9 Å². The number of benzene rings is 1. The van der Waals surface area contributed by atoms with E-state index in [0.29, 0.717) is 0 Å². The van der Waals surface area contributed by atoms with Crippen molar-refractivity contribution in [3.63, 3.8) is 0 Å². The summed E-state index contributed by atoms with van der Waals surface area (Å²) in [6, 6.07) is 8.24. The van der Waals surface area contributed by atoms with Crippen molar-refractivity contribution in [3.8, 4) is 0 Å². The lowest BCUT2D eigenvalue weighted by molar-refractivity contribution is 0.00578. The van der Waals surface area contributed by atoms with Crippen molar-refractivity contribution in [1.82, 2.24) is 0 Å². The van der Waals surface area contributed by atoms with Gasteiger partial charge in [-0.3, -0.25) is 0 Å². The van der Waals surface area contributed by atoms with Gasteiger partial charge in [0.1, 0.15) is 0 Å². The van der Waals surface area contributed by atoms with Gasteiger partial charge in [0.2, 0.25) is 0 Å². The van der Waals surface area contributed by atoms with Crippen LogP contribution in [0, 0.1) is 0 Å². The molecule has 1 aromatic carbocycles. The molecule has 1 heterocycles. The summed E-state index contributed by atoms with van der Waals surface area (Å²) in [5, 5.41) is 0. The largest absolute Gasteiger partial charge is 0.480 e. The second kappa shape index (κ2) is 5.13. The molecule has 0 saturated carbocycles. The van der Waals surface area contributed by atoms with E-state index < -0.39 is 7.12 Å². The third kappa shape index (κ3) is 2.84. The molecule has 0 aliphatic carbocycles. The van der Waals surface area contributed by atoms with Crippen LogP contribution < -0.4 is 5.73 Å². The molecule has 1 aliphatic rings. The van der Waals surface area contributed by atoms with E-state index in [1.165, 1.54) is 4.90 Å². The Labute approximate surface area is 120 Å². The predicted octanol–water partition coefficient (Wildman–Crippen LogP) is 3.04. The minimum absolute atomic E-state index is 0.267. The van der Waals surface area contributed by atoms with Crippen LogP contribution in [0.2, 0.25) is 0 Å². The van der Waals surface area contributed by atoms with Crippen molar-refractivity contribution in [2.75, 3.05) is 6.26 Å². The van der Waals surface area contributed by atoms with E-state index in [9.17, 15) is 0 Å². The van der Waals surface area contributed by atoms with Gasteiger partial charge in [-0.25, -0.2) is 0 Å². The second-order valence-electron chi connectivity index (χ2n) is 5.92. The van der Waals surface area contributed by atoms with Crippen molar-refractivity contribution in [3.05, 3.63) is 29.8 Å². The molecule has 1 fully saturated rings. The fraction of sp³-hybridized carbons (Fsp3) is 0.571. The standard InChI is InChI=1S/C14H22BNO2S/c1-13(2)14(3,4)18-15(17-13)12(16)10-6-8-11(19-5)9-7-10/h6-9,12H,16H2,1-5H3/t12-/m1/s1. The summed E-state index contributed by atoms with van der Waals surface area (Å²) in [7, 11) is -0.398. The van der Waals surface area contributed by atoms with Crippen LogP contribution in [0.1, 0.15) is 39.2 Å². The molecule has 1 aliphatic heterocycles. The lowest BCUT2D eigenvalue weighted by atomic mass is 9.75. The van der Waals surface area contributed by atoms with Gasteiger partial charge in [-0.05, 0) is 51.6 Å². The molecule has 0 unspecified atom stereocenters. The van der Waals surface area contributed by atoms with Crippen molar-refractivity contribution in [2.45, 2.75) is 49.7 Å². The van der Waals surface area contributed by atoms with Gasteiger partial charge in [0.15, 0.2) is 0 Å². The maximum absolute atomic E-state index is 6.28. The van der Waals surface area contributed by atoms with Crippen LogP contribution in [0.3, 0.4) is 0 Å². The first-order valence-electron chi connectivity index (χ1n) is 6.52. The van der Waals surface area contributed by atoms with E-state index in [1.807, 2.05) is 39.8 Å². The summed E-state index contributed by atoms with van der Waals surface area (Å²) in [6.07, 6.45) is 2.06. The summed E-state index contributed by atoms with van der Waals surface area (Å²) >= 11 is 1.72. The molecule has 1 saturated heterocycles. The van der Waals surface area contributed by atoms with Gasteiger partial charge in [0.25, 0.3) is 0 Å². The molecule has 104 valence electrons. The molecule has 2 rings (SSSR count). The number of nitrogens with two attached hydrogens (primary N) is 1. The highest BCUT2D eigenvalue weighted by atomic mass is 32.2. The van der Waals surface area contributed by atoms with E-state index in [2.05, 4.69) is 18.4 Å². The highest BCUT2D eigenvalue weighted by Gasteiger charge is 2.53. The van der Waals surface area contributed by atoms with Gasteiger partial charge in [-0.2, -0.15) is 0 Å². The Bertz CT molecular complexity index is 431. The predicted molar refractivity (Wildman–Crippen MR) is 81.2 cm³/mol. The molecule has 0 amide bonds. The first-order chi connectivity index (χ1) is 8.77. The normalized spacial score (nSPS) is 22.5. The SMILES string of the molecule is CSc1ccc([C@@H](N)B2OC(C)(C)C(C)(C)O2)cc1. The number of thioether (sulfide) groups is 1. The van der Waals surface area contributed by atoms with Crippen molar-refractivity contribution in [2.24, 2.45) is 5.73 Å². The number of hydrogen-bond acceptors (Lipinski definition) is 4. The summed E-state index contributed by atoms with van der Waals surface area (Å²) in [6.45, 7) is 8.15. The Balaban J connectivity index is 2.14. The fourth-order valence-electron chi connectivity index (χ4n) is 2.02. The number of rotatable bonds is 3. The van der Waals surface area contributed by atoms with Gasteiger partial charge in [-0.1, -0.05) is 12.1 Å². The van der Waals surface area contributed by atoms with Gasteiger partial charge in [0, 0.05) is 4.90 Å². The smallest absolute Gasteiger partial charge is 0.402 e. The molecular weight excluding hydrogens is 257 g/mol. The lowest BCUT2D eigenvalue weighted by Crippen LogP contribution is -2.41. The number of hydrogen-bond donors (Lipinski definition) is 1. The first kappa shape index (κ1) is 14.9. The molecule has 2 N–H and O–H groups in total. The zero-order valence-corrected chi connectivity index (χ0v) is 13.1. The van der Waals surface area contributed by atoms with Crippen molar-refractivity contribution < 1.29 is 9.31 Å². The summed E-state index contributed by atoms with van der Waals surface area (Å²) in [4.78, 5) is 1.23. The molecule has 0 aromatic heterocycles. The first-order valence-corrected chi connectivity index (χ1v) is 7.74. The second-order valence-corrected chi connectivity index (χ2v) is 6.80. The summed E-state index contributed by atoms with van der Waals surface area (Å²) < 4.78 is 12.0. The molecule has 3 nitrogen and oxygen atoms in total. The van der Waals surface area contributed by atoms with Crippen LogP contribution in [-0.2, 0) is 9.31 Å². The van der Waals surface area contributed by atoms with E-state index in [0.717, 1.165) is 5.56 Å². The maximum Gasteiger partial charge on any atom is 0.480 e. The minimum atomic E-state index is -0.398. The van der Waals surface area contributed by atoms with Gasteiger partial charge in [0.05, 0.1) is 17.1 Å². The molecule has 5 heteroatoms. The van der Waals surface area contributed by atoms with Crippen LogP contribution in [-0.4, -0.2) is 24.6 Å². The van der Waals surface area contributed by atoms with Crippen LogP contribution in [0.15, 0.2) is 29.2 Å². The summed E-state index contributed by atoms with van der Waals surface area (Å²) in [5.41, 5.74) is 6.64. The zero-order chi connectivity index (χ0) is 14.3.